The molecule has 2 saturated heterocycles. The Morgan fingerprint density at radius 1 is 1.17 bits per heavy atom. The van der Waals surface area contributed by atoms with E-state index >= 15 is 0 Å². The summed E-state index contributed by atoms with van der Waals surface area (Å²) in [7, 11) is 0. The maximum atomic E-state index is 13.2. The smallest absolute Gasteiger partial charge is 0.179 e. The van der Waals surface area contributed by atoms with Crippen molar-refractivity contribution in [2.24, 2.45) is 0 Å². The molecule has 150 valence electrons. The standard InChI is InChI=1S/C23H25ClN4O/c24-18-7-8-21-20(12-18)26-15-27(21)14-16-3-5-17(6-4-16)23(29)22-2-1-11-28(22)19-9-10-25-13-19/h3-8,12,15,19,22,25H,1-2,9-11,13-14H2. The summed E-state index contributed by atoms with van der Waals surface area (Å²) in [6.07, 6.45) is 5.07. The summed E-state index contributed by atoms with van der Waals surface area (Å²) in [6, 6.07) is 14.4. The normalized spacial score (nSPS) is 22.5. The van der Waals surface area contributed by atoms with Gasteiger partial charge in [0.05, 0.1) is 23.4 Å². The minimum Gasteiger partial charge on any atom is -0.326 e. The Labute approximate surface area is 175 Å². The Hall–Kier alpha value is -2.21. The van der Waals surface area contributed by atoms with E-state index in [1.807, 2.05) is 36.7 Å². The lowest BCUT2D eigenvalue weighted by Gasteiger charge is -2.29. The summed E-state index contributed by atoms with van der Waals surface area (Å²) in [6.45, 7) is 3.83. The quantitative estimate of drug-likeness (QED) is 0.653. The van der Waals surface area contributed by atoms with E-state index in [0.717, 1.165) is 67.6 Å². The van der Waals surface area contributed by atoms with Crippen LogP contribution in [0.5, 0.6) is 0 Å². The van der Waals surface area contributed by atoms with E-state index in [2.05, 4.69) is 31.9 Å². The number of benzene rings is 2. The van der Waals surface area contributed by atoms with E-state index in [-0.39, 0.29) is 11.8 Å². The van der Waals surface area contributed by atoms with Crippen LogP contribution in [-0.4, -0.2) is 52.0 Å². The van der Waals surface area contributed by atoms with Crippen molar-refractivity contribution in [1.82, 2.24) is 19.8 Å². The molecule has 0 amide bonds. The third kappa shape index (κ3) is 3.70. The summed E-state index contributed by atoms with van der Waals surface area (Å²) in [5.74, 6) is 0.267. The van der Waals surface area contributed by atoms with Crippen molar-refractivity contribution in [1.29, 1.82) is 0 Å². The average Bonchev–Trinajstić information content (AvgIpc) is 3.48. The highest BCUT2D eigenvalue weighted by Gasteiger charge is 2.36. The summed E-state index contributed by atoms with van der Waals surface area (Å²) < 4.78 is 2.11. The van der Waals surface area contributed by atoms with E-state index < -0.39 is 0 Å². The molecule has 2 fully saturated rings. The summed E-state index contributed by atoms with van der Waals surface area (Å²) in [5, 5.41) is 4.12. The highest BCUT2D eigenvalue weighted by atomic mass is 35.5. The van der Waals surface area contributed by atoms with E-state index in [1.54, 1.807) is 0 Å². The van der Waals surface area contributed by atoms with Crippen molar-refractivity contribution in [3.63, 3.8) is 0 Å². The second-order valence-corrected chi connectivity index (χ2v) is 8.55. The zero-order valence-corrected chi connectivity index (χ0v) is 17.1. The van der Waals surface area contributed by atoms with Gasteiger partial charge in [-0.2, -0.15) is 0 Å². The van der Waals surface area contributed by atoms with Crippen molar-refractivity contribution >= 4 is 28.4 Å². The summed E-state index contributed by atoms with van der Waals surface area (Å²) >= 11 is 6.05. The number of halogens is 1. The minimum absolute atomic E-state index is 0.0353. The molecule has 5 nitrogen and oxygen atoms in total. The van der Waals surface area contributed by atoms with Gasteiger partial charge in [0.2, 0.25) is 0 Å². The lowest BCUT2D eigenvalue weighted by atomic mass is 10.00. The number of Topliss-reactive ketones (excluding diaryl/α,β-unsaturated/α-hetero) is 1. The van der Waals surface area contributed by atoms with E-state index in [4.69, 9.17) is 11.6 Å². The van der Waals surface area contributed by atoms with Gasteiger partial charge in [-0.05, 0) is 56.1 Å². The Kier molecular flexibility index (Phi) is 5.12. The molecule has 29 heavy (non-hydrogen) atoms. The van der Waals surface area contributed by atoms with Crippen LogP contribution >= 0.6 is 11.6 Å². The number of carbonyl (C=O) groups is 1. The van der Waals surface area contributed by atoms with Gasteiger partial charge in [0.15, 0.2) is 5.78 Å². The van der Waals surface area contributed by atoms with Crippen LogP contribution in [-0.2, 0) is 6.54 Å². The largest absolute Gasteiger partial charge is 0.326 e. The molecule has 0 aliphatic carbocycles. The number of nitrogens with one attached hydrogen (secondary N) is 1. The number of rotatable bonds is 5. The molecule has 6 heteroatoms. The third-order valence-electron chi connectivity index (χ3n) is 6.27. The van der Waals surface area contributed by atoms with Crippen molar-refractivity contribution in [3.8, 4) is 0 Å². The maximum Gasteiger partial charge on any atom is 0.179 e. The Bertz CT molecular complexity index is 1020. The molecule has 3 aromatic rings. The van der Waals surface area contributed by atoms with Crippen molar-refractivity contribution in [2.45, 2.75) is 37.9 Å². The molecule has 2 aliphatic heterocycles. The molecule has 2 atom stereocenters. The molecule has 0 saturated carbocycles. The summed E-state index contributed by atoms with van der Waals surface area (Å²) in [5.41, 5.74) is 3.92. The van der Waals surface area contributed by atoms with Crippen LogP contribution in [0.4, 0.5) is 0 Å². The number of hydrogen-bond donors (Lipinski definition) is 1. The topological polar surface area (TPSA) is 50.2 Å². The fourth-order valence-corrected chi connectivity index (χ4v) is 4.92. The van der Waals surface area contributed by atoms with Crippen LogP contribution in [0, 0.1) is 0 Å². The Balaban J connectivity index is 1.31. The summed E-state index contributed by atoms with van der Waals surface area (Å²) in [4.78, 5) is 20.0. The predicted molar refractivity (Wildman–Crippen MR) is 116 cm³/mol. The molecule has 0 radical (unpaired) electrons. The molecule has 2 aliphatic rings. The highest BCUT2D eigenvalue weighted by molar-refractivity contribution is 6.31. The zero-order valence-electron chi connectivity index (χ0n) is 16.4. The van der Waals surface area contributed by atoms with Crippen LogP contribution in [0.2, 0.25) is 5.02 Å². The number of imidazole rings is 1. The fraction of sp³-hybridized carbons (Fsp3) is 0.391. The Morgan fingerprint density at radius 3 is 2.83 bits per heavy atom. The molecular weight excluding hydrogens is 384 g/mol. The van der Waals surface area contributed by atoms with Crippen LogP contribution < -0.4 is 5.32 Å². The number of hydrogen-bond acceptors (Lipinski definition) is 4. The molecular formula is C23H25ClN4O. The van der Waals surface area contributed by atoms with Gasteiger partial charge in [-0.1, -0.05) is 35.9 Å². The van der Waals surface area contributed by atoms with Crippen LogP contribution in [0.25, 0.3) is 11.0 Å². The molecule has 0 spiro atoms. The highest BCUT2D eigenvalue weighted by Crippen LogP contribution is 2.26. The van der Waals surface area contributed by atoms with Gasteiger partial charge in [-0.15, -0.1) is 0 Å². The molecule has 2 unspecified atom stereocenters. The second-order valence-electron chi connectivity index (χ2n) is 8.11. The third-order valence-corrected chi connectivity index (χ3v) is 6.51. The molecule has 5 rings (SSSR count). The first-order valence-corrected chi connectivity index (χ1v) is 10.8. The first-order chi connectivity index (χ1) is 14.2. The van der Waals surface area contributed by atoms with Crippen LogP contribution in [0.3, 0.4) is 0 Å². The maximum absolute atomic E-state index is 13.2. The van der Waals surface area contributed by atoms with Gasteiger partial charge in [0.25, 0.3) is 0 Å². The van der Waals surface area contributed by atoms with E-state index in [0.29, 0.717) is 11.1 Å². The number of aromatic nitrogens is 2. The lowest BCUT2D eigenvalue weighted by Crippen LogP contribution is -2.44. The first kappa shape index (κ1) is 18.8. The van der Waals surface area contributed by atoms with Crippen molar-refractivity contribution < 1.29 is 4.79 Å². The van der Waals surface area contributed by atoms with Crippen LogP contribution in [0.15, 0.2) is 48.8 Å². The van der Waals surface area contributed by atoms with E-state index in [1.165, 1.54) is 0 Å². The zero-order chi connectivity index (χ0) is 19.8. The van der Waals surface area contributed by atoms with Gasteiger partial charge in [-0.25, -0.2) is 4.98 Å². The first-order valence-electron chi connectivity index (χ1n) is 10.4. The molecule has 1 aromatic heterocycles. The predicted octanol–water partition coefficient (Wildman–Crippen LogP) is 3.75. The molecule has 1 N–H and O–H groups in total. The second kappa shape index (κ2) is 7.90. The van der Waals surface area contributed by atoms with Crippen molar-refractivity contribution in [3.05, 3.63) is 64.9 Å². The number of carbonyl (C=O) groups excluding carboxylic acids is 1. The van der Waals surface area contributed by atoms with E-state index in [9.17, 15) is 4.79 Å². The van der Waals surface area contributed by atoms with Crippen molar-refractivity contribution in [2.75, 3.05) is 19.6 Å². The average molecular weight is 409 g/mol. The van der Waals surface area contributed by atoms with Gasteiger partial charge in [-0.3, -0.25) is 9.69 Å². The minimum atomic E-state index is 0.0353. The van der Waals surface area contributed by atoms with Gasteiger partial charge in [0.1, 0.15) is 0 Å². The SMILES string of the molecule is O=C(c1ccc(Cn2cnc3cc(Cl)ccc32)cc1)C1CCCN1C1CCNC1. The van der Waals surface area contributed by atoms with Gasteiger partial charge in [0, 0.05) is 29.7 Å². The monoisotopic (exact) mass is 408 g/mol. The number of nitrogens with zero attached hydrogens (tertiary/aromatic N) is 3. The molecule has 3 heterocycles. The Morgan fingerprint density at radius 2 is 2.03 bits per heavy atom. The van der Waals surface area contributed by atoms with Gasteiger partial charge >= 0.3 is 0 Å². The molecule has 0 bridgehead atoms. The molecule has 2 aromatic carbocycles. The number of fused-ring (bicyclic) bond motifs is 1. The van der Waals surface area contributed by atoms with Crippen LogP contribution in [0.1, 0.15) is 35.2 Å². The number of likely N-dealkylation sites (tertiary alicyclic amines) is 1. The fourth-order valence-electron chi connectivity index (χ4n) is 4.76. The number of ketones is 1. The van der Waals surface area contributed by atoms with Gasteiger partial charge < -0.3 is 9.88 Å². The lowest BCUT2D eigenvalue weighted by molar-refractivity contribution is 0.0826.